The second-order valence-electron chi connectivity index (χ2n) is 4.22. The van der Waals surface area contributed by atoms with Gasteiger partial charge in [-0.25, -0.2) is 0 Å². The molecule has 94 valence electrons. The molecule has 0 fully saturated rings. The molecule has 0 saturated carbocycles. The number of hydrogen-bond donors (Lipinski definition) is 3. The third kappa shape index (κ3) is 4.07. The van der Waals surface area contributed by atoms with E-state index in [1.165, 1.54) is 0 Å². The lowest BCUT2D eigenvalue weighted by atomic mass is 10.0. The first-order valence-corrected chi connectivity index (χ1v) is 5.80. The van der Waals surface area contributed by atoms with E-state index >= 15 is 0 Å². The molecular formula is C13H20N2O2. The molecule has 0 heterocycles. The predicted molar refractivity (Wildman–Crippen MR) is 68.0 cm³/mol. The van der Waals surface area contributed by atoms with Gasteiger partial charge in [-0.2, -0.15) is 0 Å². The number of hydrogen-bond acceptors (Lipinski definition) is 3. The monoisotopic (exact) mass is 236 g/mol. The molecule has 0 bridgehead atoms. The Kier molecular flexibility index (Phi) is 4.97. The Morgan fingerprint density at radius 2 is 1.94 bits per heavy atom. The second-order valence-corrected chi connectivity index (χ2v) is 4.22. The summed E-state index contributed by atoms with van der Waals surface area (Å²) < 4.78 is 0. The van der Waals surface area contributed by atoms with Crippen LogP contribution in [0.2, 0.25) is 0 Å². The summed E-state index contributed by atoms with van der Waals surface area (Å²) in [5, 5.41) is 12.4. The minimum Gasteiger partial charge on any atom is -0.507 e. The van der Waals surface area contributed by atoms with Crippen LogP contribution in [0, 0.1) is 13.8 Å². The predicted octanol–water partition coefficient (Wildman–Crippen LogP) is 1.02. The number of aromatic hydroxyl groups is 1. The maximum Gasteiger partial charge on any atom is 0.220 e. The highest BCUT2D eigenvalue weighted by Gasteiger charge is 2.05. The molecule has 0 saturated heterocycles. The van der Waals surface area contributed by atoms with Crippen LogP contribution in [0.3, 0.4) is 0 Å². The van der Waals surface area contributed by atoms with Gasteiger partial charge in [0.05, 0.1) is 0 Å². The van der Waals surface area contributed by atoms with Crippen molar-refractivity contribution >= 4 is 5.91 Å². The van der Waals surface area contributed by atoms with E-state index in [2.05, 4.69) is 5.32 Å². The molecule has 0 radical (unpaired) electrons. The van der Waals surface area contributed by atoms with Gasteiger partial charge in [0.25, 0.3) is 0 Å². The highest BCUT2D eigenvalue weighted by atomic mass is 16.3. The van der Waals surface area contributed by atoms with Gasteiger partial charge in [0.15, 0.2) is 0 Å². The van der Waals surface area contributed by atoms with Gasteiger partial charge in [-0.1, -0.05) is 12.1 Å². The number of carbonyl (C=O) groups is 1. The van der Waals surface area contributed by atoms with Gasteiger partial charge in [0.2, 0.25) is 5.91 Å². The maximum absolute atomic E-state index is 11.4. The van der Waals surface area contributed by atoms with Crippen molar-refractivity contribution in [3.63, 3.8) is 0 Å². The Labute approximate surface area is 102 Å². The third-order valence-corrected chi connectivity index (χ3v) is 2.66. The van der Waals surface area contributed by atoms with Crippen LogP contribution < -0.4 is 11.1 Å². The van der Waals surface area contributed by atoms with Crippen molar-refractivity contribution in [1.82, 2.24) is 5.32 Å². The molecule has 0 aliphatic heterocycles. The molecule has 0 aliphatic rings. The van der Waals surface area contributed by atoms with E-state index < -0.39 is 0 Å². The van der Waals surface area contributed by atoms with Crippen LogP contribution in [0.1, 0.15) is 23.1 Å². The maximum atomic E-state index is 11.4. The average Bonchev–Trinajstić information content (AvgIpc) is 2.30. The number of nitrogens with two attached hydrogens (primary N) is 1. The number of phenols is 1. The average molecular weight is 236 g/mol. The van der Waals surface area contributed by atoms with Gasteiger partial charge in [0.1, 0.15) is 5.75 Å². The van der Waals surface area contributed by atoms with E-state index in [0.717, 1.165) is 16.7 Å². The van der Waals surface area contributed by atoms with E-state index in [-0.39, 0.29) is 5.91 Å². The van der Waals surface area contributed by atoms with Crippen molar-refractivity contribution in [2.24, 2.45) is 5.73 Å². The Hall–Kier alpha value is -1.55. The largest absolute Gasteiger partial charge is 0.507 e. The highest BCUT2D eigenvalue weighted by molar-refractivity contribution is 5.76. The number of carbonyl (C=O) groups excluding carboxylic acids is 1. The van der Waals surface area contributed by atoms with Crippen molar-refractivity contribution in [3.05, 3.63) is 28.8 Å². The van der Waals surface area contributed by atoms with Crippen LogP contribution >= 0.6 is 0 Å². The summed E-state index contributed by atoms with van der Waals surface area (Å²) in [4.78, 5) is 11.4. The molecule has 1 rings (SSSR count). The quantitative estimate of drug-likeness (QED) is 0.714. The van der Waals surface area contributed by atoms with Gasteiger partial charge < -0.3 is 16.2 Å². The zero-order chi connectivity index (χ0) is 12.8. The Bertz CT molecular complexity index is 379. The summed E-state index contributed by atoms with van der Waals surface area (Å²) in [5.74, 6) is 0.347. The fourth-order valence-electron chi connectivity index (χ4n) is 1.75. The summed E-state index contributed by atoms with van der Waals surface area (Å²) in [5.41, 5.74) is 8.07. The van der Waals surface area contributed by atoms with Gasteiger partial charge in [-0.3, -0.25) is 4.79 Å². The highest BCUT2D eigenvalue weighted by Crippen LogP contribution is 2.23. The van der Waals surface area contributed by atoms with Crippen LogP contribution in [-0.4, -0.2) is 24.1 Å². The summed E-state index contributed by atoms with van der Waals surface area (Å²) >= 11 is 0. The molecule has 1 aromatic rings. The lowest BCUT2D eigenvalue weighted by Crippen LogP contribution is -2.29. The molecule has 0 aromatic heterocycles. The van der Waals surface area contributed by atoms with Crippen molar-refractivity contribution in [2.45, 2.75) is 26.7 Å². The molecule has 0 spiro atoms. The number of aryl methyl sites for hydroxylation is 3. The molecule has 17 heavy (non-hydrogen) atoms. The lowest BCUT2D eigenvalue weighted by Gasteiger charge is -2.08. The van der Waals surface area contributed by atoms with E-state index in [1.54, 1.807) is 0 Å². The number of benzene rings is 1. The van der Waals surface area contributed by atoms with Gasteiger partial charge in [-0.05, 0) is 37.0 Å². The zero-order valence-electron chi connectivity index (χ0n) is 10.4. The van der Waals surface area contributed by atoms with Crippen molar-refractivity contribution in [1.29, 1.82) is 0 Å². The molecule has 4 N–H and O–H groups in total. The third-order valence-electron chi connectivity index (χ3n) is 2.66. The standard InChI is InChI=1S/C13H20N2O2/c1-9-7-11(8-10(2)13(9)17)3-4-12(16)15-6-5-14/h7-8,17H,3-6,14H2,1-2H3,(H,15,16). The summed E-state index contributed by atoms with van der Waals surface area (Å²) in [6, 6.07) is 3.83. The fourth-order valence-corrected chi connectivity index (χ4v) is 1.75. The van der Waals surface area contributed by atoms with E-state index in [0.29, 0.717) is 31.7 Å². The smallest absolute Gasteiger partial charge is 0.220 e. The Morgan fingerprint density at radius 1 is 1.35 bits per heavy atom. The van der Waals surface area contributed by atoms with Crippen LogP contribution in [0.4, 0.5) is 0 Å². The lowest BCUT2D eigenvalue weighted by molar-refractivity contribution is -0.120. The minimum absolute atomic E-state index is 0.0128. The fraction of sp³-hybridized carbons (Fsp3) is 0.462. The normalized spacial score (nSPS) is 10.3. The van der Waals surface area contributed by atoms with Crippen molar-refractivity contribution in [2.75, 3.05) is 13.1 Å². The van der Waals surface area contributed by atoms with Crippen LogP contribution in [-0.2, 0) is 11.2 Å². The summed E-state index contributed by atoms with van der Waals surface area (Å²) in [7, 11) is 0. The van der Waals surface area contributed by atoms with Crippen LogP contribution in [0.15, 0.2) is 12.1 Å². The molecule has 0 aliphatic carbocycles. The number of nitrogens with one attached hydrogen (secondary N) is 1. The second kappa shape index (κ2) is 6.25. The van der Waals surface area contributed by atoms with Crippen LogP contribution in [0.5, 0.6) is 5.75 Å². The number of rotatable bonds is 5. The minimum atomic E-state index is 0.0128. The van der Waals surface area contributed by atoms with E-state index in [9.17, 15) is 9.90 Å². The first kappa shape index (κ1) is 13.5. The Balaban J connectivity index is 2.55. The summed E-state index contributed by atoms with van der Waals surface area (Å²) in [6.07, 6.45) is 1.13. The molecule has 1 aromatic carbocycles. The van der Waals surface area contributed by atoms with Crippen molar-refractivity contribution in [3.8, 4) is 5.75 Å². The topological polar surface area (TPSA) is 75.4 Å². The number of phenolic OH excluding ortho intramolecular Hbond substituents is 1. The molecule has 4 heteroatoms. The summed E-state index contributed by atoms with van der Waals surface area (Å²) in [6.45, 7) is 4.70. The zero-order valence-corrected chi connectivity index (χ0v) is 10.4. The molecular weight excluding hydrogens is 216 g/mol. The van der Waals surface area contributed by atoms with Crippen molar-refractivity contribution < 1.29 is 9.90 Å². The first-order chi connectivity index (χ1) is 8.04. The van der Waals surface area contributed by atoms with E-state index in [4.69, 9.17) is 5.73 Å². The van der Waals surface area contributed by atoms with Gasteiger partial charge >= 0.3 is 0 Å². The molecule has 4 nitrogen and oxygen atoms in total. The van der Waals surface area contributed by atoms with Gasteiger partial charge in [0, 0.05) is 19.5 Å². The van der Waals surface area contributed by atoms with E-state index in [1.807, 2.05) is 26.0 Å². The molecule has 0 unspecified atom stereocenters. The number of amides is 1. The first-order valence-electron chi connectivity index (χ1n) is 5.80. The molecule has 0 atom stereocenters. The Morgan fingerprint density at radius 3 is 2.47 bits per heavy atom. The van der Waals surface area contributed by atoms with Gasteiger partial charge in [-0.15, -0.1) is 0 Å². The molecule has 1 amide bonds. The van der Waals surface area contributed by atoms with Crippen LogP contribution in [0.25, 0.3) is 0 Å². The SMILES string of the molecule is Cc1cc(CCC(=O)NCCN)cc(C)c1O.